The second-order valence-electron chi connectivity index (χ2n) is 3.99. The minimum atomic E-state index is 0.156. The molecule has 1 aliphatic heterocycles. The molecule has 2 aromatic rings. The number of benzene rings is 1. The molecular weight excluding hydrogens is 188 g/mol. The van der Waals surface area contributed by atoms with Gasteiger partial charge in [-0.15, -0.1) is 0 Å². The van der Waals surface area contributed by atoms with Crippen molar-refractivity contribution in [3.63, 3.8) is 0 Å². The van der Waals surface area contributed by atoms with Crippen molar-refractivity contribution in [2.24, 2.45) is 0 Å². The predicted molar refractivity (Wildman–Crippen MR) is 58.7 cm³/mol. The smallest absolute Gasteiger partial charge is 0.220 e. The van der Waals surface area contributed by atoms with Crippen molar-refractivity contribution >= 4 is 16.8 Å². The lowest BCUT2D eigenvalue weighted by Gasteiger charge is -2.08. The van der Waals surface area contributed by atoms with Gasteiger partial charge in [-0.05, 0) is 17.0 Å². The highest BCUT2D eigenvalue weighted by molar-refractivity contribution is 5.85. The summed E-state index contributed by atoms with van der Waals surface area (Å²) >= 11 is 0. The summed E-state index contributed by atoms with van der Waals surface area (Å²) in [5.41, 5.74) is 2.41. The number of hydrogen-bond donors (Lipinski definition) is 2. The number of H-pyrrole nitrogens is 1. The largest absolute Gasteiger partial charge is 0.361 e. The lowest BCUT2D eigenvalue weighted by Crippen LogP contribution is -2.13. The maximum absolute atomic E-state index is 11.2. The van der Waals surface area contributed by atoms with Gasteiger partial charge in [0, 0.05) is 30.6 Å². The molecular formula is C12H12N2O. The molecule has 1 atom stereocenters. The van der Waals surface area contributed by atoms with Crippen LogP contribution in [-0.2, 0) is 4.79 Å². The molecule has 3 rings (SSSR count). The zero-order chi connectivity index (χ0) is 10.3. The van der Waals surface area contributed by atoms with E-state index >= 15 is 0 Å². The van der Waals surface area contributed by atoms with Crippen LogP contribution in [0.25, 0.3) is 10.9 Å². The normalized spacial score (nSPS) is 20.8. The first-order valence-electron chi connectivity index (χ1n) is 5.17. The third-order valence-electron chi connectivity index (χ3n) is 3.04. The van der Waals surface area contributed by atoms with Crippen LogP contribution in [0.5, 0.6) is 0 Å². The van der Waals surface area contributed by atoms with E-state index in [2.05, 4.69) is 28.5 Å². The highest BCUT2D eigenvalue weighted by Gasteiger charge is 2.24. The summed E-state index contributed by atoms with van der Waals surface area (Å²) in [5, 5.41) is 4.09. The number of hydrogen-bond acceptors (Lipinski definition) is 1. The highest BCUT2D eigenvalue weighted by Crippen LogP contribution is 2.28. The van der Waals surface area contributed by atoms with Gasteiger partial charge >= 0.3 is 0 Å². The molecule has 1 saturated heterocycles. The molecule has 3 heteroatoms. The van der Waals surface area contributed by atoms with Crippen molar-refractivity contribution in [3.8, 4) is 0 Å². The van der Waals surface area contributed by atoms with Gasteiger partial charge in [0.05, 0.1) is 0 Å². The molecule has 1 unspecified atom stereocenters. The fourth-order valence-corrected chi connectivity index (χ4v) is 2.27. The number of fused-ring (bicyclic) bond motifs is 1. The summed E-state index contributed by atoms with van der Waals surface area (Å²) in [7, 11) is 0. The molecule has 2 N–H and O–H groups in total. The Kier molecular flexibility index (Phi) is 1.78. The highest BCUT2D eigenvalue weighted by atomic mass is 16.1. The second kappa shape index (κ2) is 3.12. The van der Waals surface area contributed by atoms with Gasteiger partial charge in [0.25, 0.3) is 0 Å². The Morgan fingerprint density at radius 2 is 2.20 bits per heavy atom. The third kappa shape index (κ3) is 1.31. The van der Waals surface area contributed by atoms with E-state index in [1.54, 1.807) is 0 Å². The summed E-state index contributed by atoms with van der Waals surface area (Å²) in [6.07, 6.45) is 2.55. The van der Waals surface area contributed by atoms with Crippen molar-refractivity contribution in [2.75, 3.05) is 6.54 Å². The minimum absolute atomic E-state index is 0.156. The second-order valence-corrected chi connectivity index (χ2v) is 3.99. The van der Waals surface area contributed by atoms with Gasteiger partial charge in [-0.3, -0.25) is 4.79 Å². The Balaban J connectivity index is 2.10. The van der Waals surface area contributed by atoms with Crippen molar-refractivity contribution in [1.82, 2.24) is 10.3 Å². The topological polar surface area (TPSA) is 44.9 Å². The Hall–Kier alpha value is -1.77. The number of carbonyl (C=O) groups excluding carboxylic acids is 1. The van der Waals surface area contributed by atoms with E-state index in [9.17, 15) is 4.79 Å². The number of carbonyl (C=O) groups is 1. The first-order valence-corrected chi connectivity index (χ1v) is 5.17. The van der Waals surface area contributed by atoms with Crippen LogP contribution in [0.3, 0.4) is 0 Å². The number of nitrogens with one attached hydrogen (secondary N) is 2. The van der Waals surface area contributed by atoms with Crippen LogP contribution in [0.1, 0.15) is 17.9 Å². The molecule has 76 valence electrons. The summed E-state index contributed by atoms with van der Waals surface area (Å²) < 4.78 is 0. The summed E-state index contributed by atoms with van der Waals surface area (Å²) in [6, 6.07) is 8.29. The SMILES string of the molecule is O=C1CC(c2cccc3cc[nH]c23)CN1. The van der Waals surface area contributed by atoms with Gasteiger partial charge in [0.1, 0.15) is 0 Å². The van der Waals surface area contributed by atoms with Gasteiger partial charge in [0.2, 0.25) is 5.91 Å². The number of para-hydroxylation sites is 1. The Bertz CT molecular complexity index is 515. The molecule has 3 nitrogen and oxygen atoms in total. The Labute approximate surface area is 87.5 Å². The van der Waals surface area contributed by atoms with Crippen LogP contribution >= 0.6 is 0 Å². The van der Waals surface area contributed by atoms with E-state index in [0.717, 1.165) is 6.54 Å². The van der Waals surface area contributed by atoms with E-state index < -0.39 is 0 Å². The van der Waals surface area contributed by atoms with Crippen LogP contribution in [-0.4, -0.2) is 17.4 Å². The van der Waals surface area contributed by atoms with Gasteiger partial charge in [0.15, 0.2) is 0 Å². The number of aromatic nitrogens is 1. The van der Waals surface area contributed by atoms with Gasteiger partial charge in [-0.2, -0.15) is 0 Å². The van der Waals surface area contributed by atoms with E-state index in [-0.39, 0.29) is 5.91 Å². The molecule has 1 aliphatic rings. The zero-order valence-electron chi connectivity index (χ0n) is 8.29. The standard InChI is InChI=1S/C12H12N2O/c15-11-6-9(7-14-11)10-3-1-2-8-4-5-13-12(8)10/h1-5,9,13H,6-7H2,(H,14,15). The molecule has 2 heterocycles. The third-order valence-corrected chi connectivity index (χ3v) is 3.04. The van der Waals surface area contributed by atoms with Crippen LogP contribution in [0.4, 0.5) is 0 Å². The average Bonchev–Trinajstić information content (AvgIpc) is 2.84. The maximum atomic E-state index is 11.2. The number of rotatable bonds is 1. The molecule has 0 saturated carbocycles. The lowest BCUT2D eigenvalue weighted by atomic mass is 9.96. The van der Waals surface area contributed by atoms with Gasteiger partial charge in [-0.1, -0.05) is 18.2 Å². The number of aromatic amines is 1. The predicted octanol–water partition coefficient (Wildman–Crippen LogP) is 1.77. The fraction of sp³-hybridized carbons (Fsp3) is 0.250. The van der Waals surface area contributed by atoms with Crippen molar-refractivity contribution in [3.05, 3.63) is 36.0 Å². The molecule has 1 aromatic carbocycles. The van der Waals surface area contributed by atoms with E-state index in [0.29, 0.717) is 12.3 Å². The monoisotopic (exact) mass is 200 g/mol. The molecule has 1 amide bonds. The zero-order valence-corrected chi connectivity index (χ0v) is 8.29. The molecule has 1 fully saturated rings. The maximum Gasteiger partial charge on any atom is 0.220 e. The minimum Gasteiger partial charge on any atom is -0.361 e. The van der Waals surface area contributed by atoms with E-state index in [1.165, 1.54) is 16.5 Å². The molecule has 0 spiro atoms. The van der Waals surface area contributed by atoms with Gasteiger partial charge < -0.3 is 10.3 Å². The first-order chi connectivity index (χ1) is 7.34. The van der Waals surface area contributed by atoms with E-state index in [1.807, 2.05) is 12.3 Å². The molecule has 0 bridgehead atoms. The summed E-state index contributed by atoms with van der Waals surface area (Å²) in [6.45, 7) is 0.761. The Morgan fingerprint density at radius 1 is 1.27 bits per heavy atom. The van der Waals surface area contributed by atoms with Crippen molar-refractivity contribution < 1.29 is 4.79 Å². The quantitative estimate of drug-likeness (QED) is 0.724. The molecule has 0 aliphatic carbocycles. The molecule has 0 radical (unpaired) electrons. The van der Waals surface area contributed by atoms with Gasteiger partial charge in [-0.25, -0.2) is 0 Å². The first kappa shape index (κ1) is 8.53. The van der Waals surface area contributed by atoms with Crippen molar-refractivity contribution in [1.29, 1.82) is 0 Å². The lowest BCUT2D eigenvalue weighted by molar-refractivity contribution is -0.119. The van der Waals surface area contributed by atoms with Crippen LogP contribution in [0.15, 0.2) is 30.5 Å². The molecule has 15 heavy (non-hydrogen) atoms. The van der Waals surface area contributed by atoms with Crippen LogP contribution < -0.4 is 5.32 Å². The summed E-state index contributed by atoms with van der Waals surface area (Å²) in [4.78, 5) is 14.4. The number of amides is 1. The van der Waals surface area contributed by atoms with Crippen LogP contribution in [0.2, 0.25) is 0 Å². The fourth-order valence-electron chi connectivity index (χ4n) is 2.27. The van der Waals surface area contributed by atoms with Crippen molar-refractivity contribution in [2.45, 2.75) is 12.3 Å². The van der Waals surface area contributed by atoms with Crippen LogP contribution in [0, 0.1) is 0 Å². The molecule has 1 aromatic heterocycles. The summed E-state index contributed by atoms with van der Waals surface area (Å²) in [5.74, 6) is 0.475. The Morgan fingerprint density at radius 3 is 3.00 bits per heavy atom. The van der Waals surface area contributed by atoms with E-state index in [4.69, 9.17) is 0 Å². The average molecular weight is 200 g/mol.